The second-order valence-corrected chi connectivity index (χ2v) is 10.3. The molecule has 2 N–H and O–H groups in total. The lowest BCUT2D eigenvalue weighted by Gasteiger charge is -2.28. The molecule has 0 aromatic heterocycles. The Morgan fingerprint density at radius 2 is 1.77 bits per heavy atom. The Morgan fingerprint density at radius 1 is 1.07 bits per heavy atom. The van der Waals surface area contributed by atoms with Gasteiger partial charge in [-0.15, -0.1) is 0 Å². The normalized spacial score (nSPS) is 23.9. The first-order valence-corrected chi connectivity index (χ1v) is 11.9. The molecule has 2 bridgehead atoms. The van der Waals surface area contributed by atoms with Crippen LogP contribution in [0.15, 0.2) is 53.4 Å². The van der Waals surface area contributed by atoms with Gasteiger partial charge in [0.2, 0.25) is 5.91 Å². The highest BCUT2D eigenvalue weighted by atomic mass is 32.2. The molecule has 1 amide bonds. The molecule has 5 nitrogen and oxygen atoms in total. The number of fused-ring (bicyclic) bond motifs is 2. The standard InChI is InChI=1S/C23H27FN2O3S/c1-15(22-13-17-2-5-18(22)12-17)25-23(27)14-16-3-8-20(9-4-16)26-30(28,29)21-10-6-19(24)7-11-21/h3-4,6-11,15,17-18,22,26H,2,5,12-14H2,1H3,(H,25,27)/t15-,17+,18+,22+/m1/s1. The van der Waals surface area contributed by atoms with Crippen molar-refractivity contribution in [1.82, 2.24) is 5.32 Å². The molecule has 2 aromatic carbocycles. The van der Waals surface area contributed by atoms with E-state index in [1.165, 1.54) is 37.8 Å². The van der Waals surface area contributed by atoms with Crippen molar-refractivity contribution in [2.45, 2.75) is 50.0 Å². The average molecular weight is 431 g/mol. The lowest BCUT2D eigenvalue weighted by molar-refractivity contribution is -0.121. The van der Waals surface area contributed by atoms with Gasteiger partial charge in [0, 0.05) is 11.7 Å². The van der Waals surface area contributed by atoms with E-state index >= 15 is 0 Å². The van der Waals surface area contributed by atoms with Gasteiger partial charge in [-0.05, 0) is 85.9 Å². The van der Waals surface area contributed by atoms with E-state index in [0.29, 0.717) is 11.6 Å². The molecule has 0 spiro atoms. The van der Waals surface area contributed by atoms with Crippen LogP contribution in [0.1, 0.15) is 38.2 Å². The number of anilines is 1. The molecule has 7 heteroatoms. The van der Waals surface area contributed by atoms with Crippen molar-refractivity contribution in [2.24, 2.45) is 17.8 Å². The molecule has 0 unspecified atom stereocenters. The summed E-state index contributed by atoms with van der Waals surface area (Å²) in [5.74, 6) is 1.71. The Hall–Kier alpha value is -2.41. The Bertz CT molecular complexity index is 1010. The van der Waals surface area contributed by atoms with Crippen molar-refractivity contribution in [2.75, 3.05) is 4.72 Å². The summed E-state index contributed by atoms with van der Waals surface area (Å²) in [5, 5.41) is 3.15. The molecule has 30 heavy (non-hydrogen) atoms. The van der Waals surface area contributed by atoms with Crippen LogP contribution in [0.5, 0.6) is 0 Å². The first-order chi connectivity index (χ1) is 14.3. The third-order valence-electron chi connectivity index (χ3n) is 6.52. The monoisotopic (exact) mass is 430 g/mol. The number of hydrogen-bond acceptors (Lipinski definition) is 3. The van der Waals surface area contributed by atoms with Crippen molar-refractivity contribution in [3.05, 3.63) is 59.9 Å². The van der Waals surface area contributed by atoms with Gasteiger partial charge in [-0.1, -0.05) is 18.6 Å². The van der Waals surface area contributed by atoms with Crippen LogP contribution in [0.3, 0.4) is 0 Å². The zero-order chi connectivity index (χ0) is 21.3. The fourth-order valence-corrected chi connectivity index (χ4v) is 6.08. The Morgan fingerprint density at radius 3 is 2.37 bits per heavy atom. The maximum atomic E-state index is 13.0. The number of halogens is 1. The number of benzene rings is 2. The second-order valence-electron chi connectivity index (χ2n) is 8.63. The maximum Gasteiger partial charge on any atom is 0.261 e. The first-order valence-electron chi connectivity index (χ1n) is 10.5. The number of hydrogen-bond donors (Lipinski definition) is 2. The van der Waals surface area contributed by atoms with E-state index in [0.717, 1.165) is 29.5 Å². The van der Waals surface area contributed by atoms with Gasteiger partial charge in [-0.3, -0.25) is 9.52 Å². The molecule has 0 heterocycles. The lowest BCUT2D eigenvalue weighted by Crippen LogP contribution is -2.40. The summed E-state index contributed by atoms with van der Waals surface area (Å²) in [6, 6.07) is 11.6. The summed E-state index contributed by atoms with van der Waals surface area (Å²) in [7, 11) is -3.79. The molecule has 2 saturated carbocycles. The molecular formula is C23H27FN2O3S. The van der Waals surface area contributed by atoms with Crippen LogP contribution in [0, 0.1) is 23.6 Å². The van der Waals surface area contributed by atoms with Gasteiger partial charge in [0.25, 0.3) is 10.0 Å². The highest BCUT2D eigenvalue weighted by Crippen LogP contribution is 2.49. The summed E-state index contributed by atoms with van der Waals surface area (Å²) < 4.78 is 40.2. The van der Waals surface area contributed by atoms with Crippen molar-refractivity contribution in [3.63, 3.8) is 0 Å². The van der Waals surface area contributed by atoms with Gasteiger partial charge in [0.1, 0.15) is 5.82 Å². The van der Waals surface area contributed by atoms with Crippen LogP contribution in [0.2, 0.25) is 0 Å². The number of sulfonamides is 1. The van der Waals surface area contributed by atoms with Gasteiger partial charge in [-0.2, -0.15) is 0 Å². The molecule has 2 aromatic rings. The van der Waals surface area contributed by atoms with Crippen molar-refractivity contribution in [1.29, 1.82) is 0 Å². The summed E-state index contributed by atoms with van der Waals surface area (Å²) in [6.07, 6.45) is 5.45. The Kier molecular flexibility index (Phi) is 5.82. The smallest absolute Gasteiger partial charge is 0.261 e. The van der Waals surface area contributed by atoms with Crippen molar-refractivity contribution >= 4 is 21.6 Å². The Labute approximate surface area is 177 Å². The number of rotatable bonds is 7. The van der Waals surface area contributed by atoms with Crippen LogP contribution in [-0.4, -0.2) is 20.4 Å². The molecule has 2 aliphatic carbocycles. The molecule has 160 valence electrons. The van der Waals surface area contributed by atoms with Gasteiger partial charge >= 0.3 is 0 Å². The Balaban J connectivity index is 1.32. The fourth-order valence-electron chi connectivity index (χ4n) is 5.02. The van der Waals surface area contributed by atoms with Crippen LogP contribution in [0.4, 0.5) is 10.1 Å². The zero-order valence-electron chi connectivity index (χ0n) is 17.0. The van der Waals surface area contributed by atoms with Gasteiger partial charge in [-0.25, -0.2) is 12.8 Å². The predicted molar refractivity (Wildman–Crippen MR) is 114 cm³/mol. The number of carbonyl (C=O) groups excluding carboxylic acids is 1. The fraction of sp³-hybridized carbons (Fsp3) is 0.435. The molecule has 0 aliphatic heterocycles. The van der Waals surface area contributed by atoms with E-state index in [2.05, 4.69) is 17.0 Å². The molecule has 4 atom stereocenters. The maximum absolute atomic E-state index is 13.0. The van der Waals surface area contributed by atoms with E-state index in [-0.39, 0.29) is 23.3 Å². The second kappa shape index (κ2) is 8.38. The van der Waals surface area contributed by atoms with Gasteiger partial charge < -0.3 is 5.32 Å². The minimum absolute atomic E-state index is 0.00934. The molecule has 0 saturated heterocycles. The van der Waals surface area contributed by atoms with Crippen LogP contribution in [0.25, 0.3) is 0 Å². The third kappa shape index (κ3) is 4.67. The van der Waals surface area contributed by atoms with Crippen molar-refractivity contribution in [3.8, 4) is 0 Å². The molecule has 4 rings (SSSR count). The third-order valence-corrected chi connectivity index (χ3v) is 7.92. The SMILES string of the molecule is C[C@@H](NC(=O)Cc1ccc(NS(=O)(=O)c2ccc(F)cc2)cc1)[C@@H]1C[C@H]2CC[C@H]1C2. The largest absolute Gasteiger partial charge is 0.353 e. The highest BCUT2D eigenvalue weighted by Gasteiger charge is 2.42. The van der Waals surface area contributed by atoms with E-state index in [1.807, 2.05) is 0 Å². The van der Waals surface area contributed by atoms with Gasteiger partial charge in [0.05, 0.1) is 11.3 Å². The minimum Gasteiger partial charge on any atom is -0.353 e. The summed E-state index contributed by atoms with van der Waals surface area (Å²) in [4.78, 5) is 12.4. The molecule has 0 radical (unpaired) electrons. The zero-order valence-corrected chi connectivity index (χ0v) is 17.8. The quantitative estimate of drug-likeness (QED) is 0.694. The molecule has 2 fully saturated rings. The molecular weight excluding hydrogens is 403 g/mol. The number of amides is 1. The van der Waals surface area contributed by atoms with E-state index in [1.54, 1.807) is 24.3 Å². The van der Waals surface area contributed by atoms with E-state index < -0.39 is 15.8 Å². The predicted octanol–water partition coefficient (Wildman–Crippen LogP) is 4.11. The minimum atomic E-state index is -3.79. The topological polar surface area (TPSA) is 75.3 Å². The number of carbonyl (C=O) groups is 1. The van der Waals surface area contributed by atoms with E-state index in [9.17, 15) is 17.6 Å². The van der Waals surface area contributed by atoms with Crippen LogP contribution in [-0.2, 0) is 21.2 Å². The highest BCUT2D eigenvalue weighted by molar-refractivity contribution is 7.92. The summed E-state index contributed by atoms with van der Waals surface area (Å²) in [5.41, 5.74) is 1.20. The van der Waals surface area contributed by atoms with Gasteiger partial charge in [0.15, 0.2) is 0 Å². The average Bonchev–Trinajstić information content (AvgIpc) is 3.33. The lowest BCUT2D eigenvalue weighted by atomic mass is 9.84. The number of nitrogens with one attached hydrogen (secondary N) is 2. The summed E-state index contributed by atoms with van der Waals surface area (Å²) in [6.45, 7) is 2.11. The first kappa shape index (κ1) is 20.8. The van der Waals surface area contributed by atoms with Crippen LogP contribution < -0.4 is 10.0 Å². The summed E-state index contributed by atoms with van der Waals surface area (Å²) >= 11 is 0. The van der Waals surface area contributed by atoms with E-state index in [4.69, 9.17) is 0 Å². The van der Waals surface area contributed by atoms with Crippen LogP contribution >= 0.6 is 0 Å². The van der Waals surface area contributed by atoms with Crippen molar-refractivity contribution < 1.29 is 17.6 Å². The molecule has 2 aliphatic rings.